The third kappa shape index (κ3) is 1.86. The Kier molecular flexibility index (Phi) is 2.57. The lowest BCUT2D eigenvalue weighted by atomic mass is 10.1. The van der Waals surface area contributed by atoms with E-state index >= 15 is 0 Å². The molecule has 1 aromatic carbocycles. The molecule has 3 aromatic rings. The summed E-state index contributed by atoms with van der Waals surface area (Å²) in [6.45, 7) is 0. The number of rotatable bonds is 2. The normalized spacial score (nSPS) is 10.4. The molecule has 0 atom stereocenters. The highest BCUT2D eigenvalue weighted by Crippen LogP contribution is 2.20. The fourth-order valence-corrected chi connectivity index (χ4v) is 1.88. The molecule has 18 heavy (non-hydrogen) atoms. The van der Waals surface area contributed by atoms with Crippen LogP contribution in [0.5, 0.6) is 0 Å². The van der Waals surface area contributed by atoms with Crippen molar-refractivity contribution in [3.8, 4) is 11.3 Å². The predicted molar refractivity (Wildman–Crippen MR) is 70.4 cm³/mol. The van der Waals surface area contributed by atoms with Crippen LogP contribution >= 0.6 is 0 Å². The highest BCUT2D eigenvalue weighted by atomic mass is 16.1. The molecule has 0 spiro atoms. The molecule has 0 aliphatic heterocycles. The monoisotopic (exact) mass is 234 g/mol. The minimum Gasteiger partial charge on any atom is -0.298 e. The highest BCUT2D eigenvalue weighted by molar-refractivity contribution is 5.87. The van der Waals surface area contributed by atoms with Crippen LogP contribution in [0.4, 0.5) is 0 Å². The molecule has 2 aromatic heterocycles. The van der Waals surface area contributed by atoms with Crippen molar-refractivity contribution in [1.82, 2.24) is 9.97 Å². The maximum atomic E-state index is 10.8. The molecule has 2 heterocycles. The molecular formula is C15H10N2O. The number of hydrogen-bond donors (Lipinski definition) is 0. The van der Waals surface area contributed by atoms with Crippen molar-refractivity contribution in [2.24, 2.45) is 0 Å². The Labute approximate surface area is 104 Å². The quantitative estimate of drug-likeness (QED) is 0.640. The fourth-order valence-electron chi connectivity index (χ4n) is 1.88. The summed E-state index contributed by atoms with van der Waals surface area (Å²) in [6.07, 6.45) is 4.34. The summed E-state index contributed by atoms with van der Waals surface area (Å²) < 4.78 is 0. The number of pyridine rings is 2. The van der Waals surface area contributed by atoms with Crippen molar-refractivity contribution in [2.75, 3.05) is 0 Å². The molecule has 3 nitrogen and oxygen atoms in total. The van der Waals surface area contributed by atoms with Gasteiger partial charge < -0.3 is 0 Å². The summed E-state index contributed by atoms with van der Waals surface area (Å²) >= 11 is 0. The first-order chi connectivity index (χ1) is 8.86. The molecule has 3 rings (SSSR count). The van der Waals surface area contributed by atoms with Gasteiger partial charge in [-0.05, 0) is 24.3 Å². The summed E-state index contributed by atoms with van der Waals surface area (Å²) in [4.78, 5) is 19.4. The molecule has 0 saturated carbocycles. The summed E-state index contributed by atoms with van der Waals surface area (Å²) in [5.74, 6) is 0. The SMILES string of the molecule is O=Cc1ccc2ccc(-c3cccnc3)nc2c1. The lowest BCUT2D eigenvalue weighted by Gasteiger charge is -2.03. The lowest BCUT2D eigenvalue weighted by molar-refractivity contribution is 0.112. The number of benzene rings is 1. The zero-order valence-corrected chi connectivity index (χ0v) is 9.58. The molecule has 0 saturated heterocycles. The second-order valence-electron chi connectivity index (χ2n) is 4.01. The van der Waals surface area contributed by atoms with E-state index in [0.717, 1.165) is 28.4 Å². The van der Waals surface area contributed by atoms with E-state index < -0.39 is 0 Å². The summed E-state index contributed by atoms with van der Waals surface area (Å²) in [5.41, 5.74) is 3.29. The van der Waals surface area contributed by atoms with E-state index in [-0.39, 0.29) is 0 Å². The first-order valence-corrected chi connectivity index (χ1v) is 5.63. The van der Waals surface area contributed by atoms with Crippen LogP contribution in [0.1, 0.15) is 10.4 Å². The third-order valence-electron chi connectivity index (χ3n) is 2.81. The number of aromatic nitrogens is 2. The Morgan fingerprint density at radius 3 is 2.72 bits per heavy atom. The average Bonchev–Trinajstić information content (AvgIpc) is 2.47. The number of carbonyl (C=O) groups is 1. The van der Waals surface area contributed by atoms with Crippen LogP contribution in [0.15, 0.2) is 54.9 Å². The summed E-state index contributed by atoms with van der Waals surface area (Å²) in [5, 5.41) is 1.02. The Morgan fingerprint density at radius 2 is 1.94 bits per heavy atom. The maximum Gasteiger partial charge on any atom is 0.150 e. The van der Waals surface area contributed by atoms with E-state index in [1.165, 1.54) is 0 Å². The largest absolute Gasteiger partial charge is 0.298 e. The Morgan fingerprint density at radius 1 is 1.06 bits per heavy atom. The standard InChI is InChI=1S/C15H10N2O/c18-10-11-3-4-12-5-6-14(17-15(12)8-11)13-2-1-7-16-9-13/h1-10H. The minimum atomic E-state index is 0.637. The van der Waals surface area contributed by atoms with Crippen LogP contribution in [0.3, 0.4) is 0 Å². The topological polar surface area (TPSA) is 42.9 Å². The van der Waals surface area contributed by atoms with E-state index in [4.69, 9.17) is 0 Å². The van der Waals surface area contributed by atoms with Crippen LogP contribution in [-0.2, 0) is 0 Å². The van der Waals surface area contributed by atoms with Crippen LogP contribution in [0.2, 0.25) is 0 Å². The number of aldehydes is 1. The fraction of sp³-hybridized carbons (Fsp3) is 0. The number of carbonyl (C=O) groups excluding carboxylic acids is 1. The van der Waals surface area contributed by atoms with Gasteiger partial charge in [0, 0.05) is 28.9 Å². The molecule has 0 fully saturated rings. The van der Waals surface area contributed by atoms with Gasteiger partial charge in [0.25, 0.3) is 0 Å². The van der Waals surface area contributed by atoms with Gasteiger partial charge in [0.2, 0.25) is 0 Å². The van der Waals surface area contributed by atoms with Crippen LogP contribution < -0.4 is 0 Å². The first-order valence-electron chi connectivity index (χ1n) is 5.63. The van der Waals surface area contributed by atoms with E-state index in [1.807, 2.05) is 30.3 Å². The van der Waals surface area contributed by atoms with Gasteiger partial charge >= 0.3 is 0 Å². The molecular weight excluding hydrogens is 224 g/mol. The average molecular weight is 234 g/mol. The van der Waals surface area contributed by atoms with E-state index in [1.54, 1.807) is 24.5 Å². The molecule has 86 valence electrons. The summed E-state index contributed by atoms with van der Waals surface area (Å²) in [6, 6.07) is 13.3. The van der Waals surface area contributed by atoms with Crippen LogP contribution in [-0.4, -0.2) is 16.3 Å². The van der Waals surface area contributed by atoms with Crippen molar-refractivity contribution in [1.29, 1.82) is 0 Å². The predicted octanol–water partition coefficient (Wildman–Crippen LogP) is 3.11. The van der Waals surface area contributed by atoms with Gasteiger partial charge in [0.1, 0.15) is 6.29 Å². The van der Waals surface area contributed by atoms with Gasteiger partial charge in [0.15, 0.2) is 0 Å². The lowest BCUT2D eigenvalue weighted by Crippen LogP contribution is -1.87. The van der Waals surface area contributed by atoms with E-state index in [0.29, 0.717) is 5.56 Å². The Bertz CT molecular complexity index is 708. The second kappa shape index (κ2) is 4.37. The van der Waals surface area contributed by atoms with Gasteiger partial charge in [-0.3, -0.25) is 9.78 Å². The first kappa shape index (κ1) is 10.6. The molecule has 3 heteroatoms. The van der Waals surface area contributed by atoms with Gasteiger partial charge in [0.05, 0.1) is 11.2 Å². The van der Waals surface area contributed by atoms with E-state index in [9.17, 15) is 4.79 Å². The maximum absolute atomic E-state index is 10.8. The molecule has 0 amide bonds. The van der Waals surface area contributed by atoms with Crippen molar-refractivity contribution in [3.05, 3.63) is 60.4 Å². The minimum absolute atomic E-state index is 0.637. The molecule has 0 radical (unpaired) electrons. The van der Waals surface area contributed by atoms with Crippen molar-refractivity contribution >= 4 is 17.2 Å². The van der Waals surface area contributed by atoms with Gasteiger partial charge in [-0.15, -0.1) is 0 Å². The molecule has 0 bridgehead atoms. The zero-order valence-electron chi connectivity index (χ0n) is 9.58. The third-order valence-corrected chi connectivity index (χ3v) is 2.81. The number of hydrogen-bond acceptors (Lipinski definition) is 3. The van der Waals surface area contributed by atoms with Gasteiger partial charge in [-0.1, -0.05) is 18.2 Å². The van der Waals surface area contributed by atoms with Gasteiger partial charge in [-0.25, -0.2) is 4.98 Å². The van der Waals surface area contributed by atoms with Gasteiger partial charge in [-0.2, -0.15) is 0 Å². The highest BCUT2D eigenvalue weighted by Gasteiger charge is 2.02. The smallest absolute Gasteiger partial charge is 0.150 e. The molecule has 0 unspecified atom stereocenters. The van der Waals surface area contributed by atoms with Crippen molar-refractivity contribution < 1.29 is 4.79 Å². The molecule has 0 aliphatic carbocycles. The summed E-state index contributed by atoms with van der Waals surface area (Å²) in [7, 11) is 0. The second-order valence-corrected chi connectivity index (χ2v) is 4.01. The number of fused-ring (bicyclic) bond motifs is 1. The molecule has 0 N–H and O–H groups in total. The Balaban J connectivity index is 2.18. The molecule has 0 aliphatic rings. The zero-order chi connectivity index (χ0) is 12.4. The van der Waals surface area contributed by atoms with Crippen LogP contribution in [0.25, 0.3) is 22.2 Å². The van der Waals surface area contributed by atoms with E-state index in [2.05, 4.69) is 9.97 Å². The number of nitrogens with zero attached hydrogens (tertiary/aromatic N) is 2. The van der Waals surface area contributed by atoms with Crippen molar-refractivity contribution in [2.45, 2.75) is 0 Å². The Hall–Kier alpha value is -2.55. The van der Waals surface area contributed by atoms with Crippen LogP contribution in [0, 0.1) is 0 Å². The van der Waals surface area contributed by atoms with Crippen molar-refractivity contribution in [3.63, 3.8) is 0 Å².